The molecule has 6 nitrogen and oxygen atoms in total. The second kappa shape index (κ2) is 9.10. The molecule has 0 aliphatic rings. The van der Waals surface area contributed by atoms with Crippen LogP contribution in [-0.4, -0.2) is 47.6 Å². The molecule has 0 aliphatic carbocycles. The summed E-state index contributed by atoms with van der Waals surface area (Å²) < 4.78 is 26.6. The van der Waals surface area contributed by atoms with Crippen LogP contribution in [0.1, 0.15) is 43.6 Å². The molecule has 0 radical (unpaired) electrons. The number of amides is 1. The number of carbonyl (C=O) groups is 1. The average molecular weight is 390 g/mol. The van der Waals surface area contributed by atoms with Gasteiger partial charge in [0.05, 0.1) is 4.90 Å². The summed E-state index contributed by atoms with van der Waals surface area (Å²) in [5.41, 5.74) is 1.41. The molecule has 0 aliphatic heterocycles. The SMILES string of the molecule is CCN(CC)S(=O)(=O)c1ccc(C(=O)N(Cc2cccnc2)C(C)C)cc1. The number of benzene rings is 1. The van der Waals surface area contributed by atoms with Gasteiger partial charge in [-0.25, -0.2) is 8.42 Å². The number of sulfonamides is 1. The summed E-state index contributed by atoms with van der Waals surface area (Å²) in [4.78, 5) is 19.0. The Kier molecular flexibility index (Phi) is 7.10. The molecule has 0 N–H and O–H groups in total. The minimum Gasteiger partial charge on any atom is -0.332 e. The van der Waals surface area contributed by atoms with Crippen molar-refractivity contribution in [3.05, 3.63) is 59.9 Å². The molecule has 0 unspecified atom stereocenters. The van der Waals surface area contributed by atoms with Crippen molar-refractivity contribution in [3.63, 3.8) is 0 Å². The predicted octanol–water partition coefficient (Wildman–Crippen LogP) is 3.16. The zero-order chi connectivity index (χ0) is 20.0. The van der Waals surface area contributed by atoms with E-state index in [4.69, 9.17) is 0 Å². The number of hydrogen-bond donors (Lipinski definition) is 0. The Labute approximate surface area is 161 Å². The lowest BCUT2D eigenvalue weighted by Crippen LogP contribution is -2.36. The van der Waals surface area contributed by atoms with E-state index in [1.165, 1.54) is 16.4 Å². The predicted molar refractivity (Wildman–Crippen MR) is 106 cm³/mol. The topological polar surface area (TPSA) is 70.6 Å². The van der Waals surface area contributed by atoms with E-state index in [1.807, 2.05) is 26.0 Å². The summed E-state index contributed by atoms with van der Waals surface area (Å²) in [5, 5.41) is 0. The fraction of sp³-hybridized carbons (Fsp3) is 0.400. The summed E-state index contributed by atoms with van der Waals surface area (Å²) in [7, 11) is -3.53. The molecular weight excluding hydrogens is 362 g/mol. The highest BCUT2D eigenvalue weighted by Crippen LogP contribution is 2.18. The summed E-state index contributed by atoms with van der Waals surface area (Å²) in [6.45, 7) is 8.78. The first-order chi connectivity index (χ1) is 12.8. The van der Waals surface area contributed by atoms with Crippen molar-refractivity contribution < 1.29 is 13.2 Å². The second-order valence-electron chi connectivity index (χ2n) is 6.50. The van der Waals surface area contributed by atoms with E-state index in [2.05, 4.69) is 4.98 Å². The summed E-state index contributed by atoms with van der Waals surface area (Å²) in [6, 6.07) is 9.93. The molecule has 2 aromatic rings. The van der Waals surface area contributed by atoms with Crippen molar-refractivity contribution in [3.8, 4) is 0 Å². The van der Waals surface area contributed by atoms with Crippen LogP contribution in [0, 0.1) is 0 Å². The molecule has 0 fully saturated rings. The molecule has 1 aromatic heterocycles. The summed E-state index contributed by atoms with van der Waals surface area (Å²) in [5.74, 6) is -0.138. The molecule has 2 rings (SSSR count). The lowest BCUT2D eigenvalue weighted by atomic mass is 10.1. The van der Waals surface area contributed by atoms with E-state index in [9.17, 15) is 13.2 Å². The fourth-order valence-electron chi connectivity index (χ4n) is 2.83. The molecule has 0 atom stereocenters. The number of nitrogens with zero attached hydrogens (tertiary/aromatic N) is 3. The number of carbonyl (C=O) groups excluding carboxylic acids is 1. The van der Waals surface area contributed by atoms with Crippen LogP contribution < -0.4 is 0 Å². The third-order valence-corrected chi connectivity index (χ3v) is 6.47. The third kappa shape index (κ3) is 4.93. The molecule has 1 heterocycles. The zero-order valence-electron chi connectivity index (χ0n) is 16.3. The molecular formula is C20H27N3O3S. The molecule has 0 saturated carbocycles. The summed E-state index contributed by atoms with van der Waals surface area (Å²) >= 11 is 0. The van der Waals surface area contributed by atoms with Crippen molar-refractivity contribution in [2.45, 2.75) is 45.2 Å². The van der Waals surface area contributed by atoms with Crippen LogP contribution in [0.15, 0.2) is 53.7 Å². The number of hydrogen-bond acceptors (Lipinski definition) is 4. The molecule has 146 valence electrons. The number of pyridine rings is 1. The van der Waals surface area contributed by atoms with Crippen molar-refractivity contribution in [2.75, 3.05) is 13.1 Å². The van der Waals surface area contributed by atoms with Crippen molar-refractivity contribution in [1.29, 1.82) is 0 Å². The largest absolute Gasteiger partial charge is 0.332 e. The molecule has 0 spiro atoms. The standard InChI is InChI=1S/C20H27N3O3S/c1-5-22(6-2)27(25,26)19-11-9-18(10-12-19)20(24)23(16(3)4)15-17-8-7-13-21-14-17/h7-14,16H,5-6,15H2,1-4H3. The molecule has 1 aromatic carbocycles. The smallest absolute Gasteiger partial charge is 0.254 e. The van der Waals surface area contributed by atoms with Gasteiger partial charge in [0.2, 0.25) is 10.0 Å². The highest BCUT2D eigenvalue weighted by Gasteiger charge is 2.23. The first-order valence-electron chi connectivity index (χ1n) is 9.11. The Morgan fingerprint density at radius 2 is 1.70 bits per heavy atom. The van der Waals surface area contributed by atoms with E-state index in [1.54, 1.807) is 43.3 Å². The van der Waals surface area contributed by atoms with Gasteiger partial charge in [-0.3, -0.25) is 9.78 Å². The summed E-state index contributed by atoms with van der Waals surface area (Å²) in [6.07, 6.45) is 3.43. The minimum atomic E-state index is -3.53. The molecule has 7 heteroatoms. The van der Waals surface area contributed by atoms with Crippen molar-refractivity contribution >= 4 is 15.9 Å². The van der Waals surface area contributed by atoms with Crippen LogP contribution in [0.4, 0.5) is 0 Å². The molecule has 27 heavy (non-hydrogen) atoms. The van der Waals surface area contributed by atoms with Gasteiger partial charge in [-0.2, -0.15) is 4.31 Å². The van der Waals surface area contributed by atoms with Crippen LogP contribution in [0.5, 0.6) is 0 Å². The number of aromatic nitrogens is 1. The first kappa shape index (κ1) is 21.1. The Balaban J connectivity index is 2.25. The quantitative estimate of drug-likeness (QED) is 0.695. The van der Waals surface area contributed by atoms with E-state index in [0.29, 0.717) is 25.2 Å². The lowest BCUT2D eigenvalue weighted by Gasteiger charge is -2.27. The van der Waals surface area contributed by atoms with E-state index >= 15 is 0 Å². The van der Waals surface area contributed by atoms with Gasteiger partial charge in [-0.15, -0.1) is 0 Å². The van der Waals surface area contributed by atoms with E-state index < -0.39 is 10.0 Å². The van der Waals surface area contributed by atoms with Gasteiger partial charge in [0.1, 0.15) is 0 Å². The Morgan fingerprint density at radius 1 is 1.07 bits per heavy atom. The lowest BCUT2D eigenvalue weighted by molar-refractivity contribution is 0.0690. The van der Waals surface area contributed by atoms with Gasteiger partial charge in [-0.05, 0) is 49.7 Å². The Bertz CT molecular complexity index is 846. The Morgan fingerprint density at radius 3 is 2.19 bits per heavy atom. The maximum Gasteiger partial charge on any atom is 0.254 e. The van der Waals surface area contributed by atoms with Gasteiger partial charge < -0.3 is 4.90 Å². The molecule has 0 bridgehead atoms. The van der Waals surface area contributed by atoms with Gasteiger partial charge in [0.25, 0.3) is 5.91 Å². The van der Waals surface area contributed by atoms with Gasteiger partial charge in [0, 0.05) is 43.6 Å². The highest BCUT2D eigenvalue weighted by molar-refractivity contribution is 7.89. The normalized spacial score (nSPS) is 11.8. The fourth-order valence-corrected chi connectivity index (χ4v) is 4.28. The van der Waals surface area contributed by atoms with Crippen LogP contribution >= 0.6 is 0 Å². The average Bonchev–Trinajstić information content (AvgIpc) is 2.67. The molecule has 1 amide bonds. The number of rotatable bonds is 8. The van der Waals surface area contributed by atoms with Crippen molar-refractivity contribution in [1.82, 2.24) is 14.2 Å². The van der Waals surface area contributed by atoms with Crippen LogP contribution in [-0.2, 0) is 16.6 Å². The van der Waals surface area contributed by atoms with Crippen LogP contribution in [0.25, 0.3) is 0 Å². The van der Waals surface area contributed by atoms with Gasteiger partial charge >= 0.3 is 0 Å². The zero-order valence-corrected chi connectivity index (χ0v) is 17.1. The van der Waals surface area contributed by atoms with Crippen LogP contribution in [0.3, 0.4) is 0 Å². The van der Waals surface area contributed by atoms with E-state index in [-0.39, 0.29) is 16.8 Å². The van der Waals surface area contributed by atoms with Gasteiger partial charge in [0.15, 0.2) is 0 Å². The van der Waals surface area contributed by atoms with E-state index in [0.717, 1.165) is 5.56 Å². The maximum atomic E-state index is 12.9. The van der Waals surface area contributed by atoms with Crippen LogP contribution in [0.2, 0.25) is 0 Å². The first-order valence-corrected chi connectivity index (χ1v) is 10.5. The third-order valence-electron chi connectivity index (χ3n) is 4.40. The second-order valence-corrected chi connectivity index (χ2v) is 8.44. The maximum absolute atomic E-state index is 12.9. The minimum absolute atomic E-state index is 0.00297. The van der Waals surface area contributed by atoms with Gasteiger partial charge in [-0.1, -0.05) is 19.9 Å². The molecule has 0 saturated heterocycles. The van der Waals surface area contributed by atoms with Crippen molar-refractivity contribution in [2.24, 2.45) is 0 Å². The Hall–Kier alpha value is -2.25. The monoisotopic (exact) mass is 389 g/mol. The highest BCUT2D eigenvalue weighted by atomic mass is 32.2.